The summed E-state index contributed by atoms with van der Waals surface area (Å²) in [5, 5.41) is 3.31. The number of nitrogens with two attached hydrogens (primary N) is 1. The van der Waals surface area contributed by atoms with Crippen molar-refractivity contribution in [1.82, 2.24) is 5.32 Å². The van der Waals surface area contributed by atoms with Gasteiger partial charge in [0.2, 0.25) is 0 Å². The van der Waals surface area contributed by atoms with Gasteiger partial charge < -0.3 is 11.1 Å². The van der Waals surface area contributed by atoms with Gasteiger partial charge in [-0.3, -0.25) is 4.99 Å². The Hall–Kier alpha value is -0.990. The molecule has 3 N–H and O–H groups in total. The number of hydrogen-bond donors (Lipinski definition) is 2. The second kappa shape index (κ2) is 5.92. The monoisotopic (exact) mass is 221 g/mol. The van der Waals surface area contributed by atoms with Crippen LogP contribution in [-0.2, 0) is 0 Å². The van der Waals surface area contributed by atoms with Crippen LogP contribution in [0.15, 0.2) is 16.6 Å². The van der Waals surface area contributed by atoms with Crippen LogP contribution in [0.2, 0.25) is 0 Å². The highest BCUT2D eigenvalue weighted by Gasteiger charge is 2.14. The number of rotatable bonds is 4. The maximum atomic E-state index is 5.86. The van der Waals surface area contributed by atoms with Gasteiger partial charge in [0.25, 0.3) is 0 Å². The number of guanidine groups is 1. The number of hydrogen-bond acceptors (Lipinski definition) is 1. The molecule has 3 heteroatoms. The van der Waals surface area contributed by atoms with Crippen LogP contribution in [0.5, 0.6) is 0 Å². The molecular formula is C13H23N3. The summed E-state index contributed by atoms with van der Waals surface area (Å²) >= 11 is 0. The van der Waals surface area contributed by atoms with Crippen LogP contribution in [0.1, 0.15) is 51.4 Å². The van der Waals surface area contributed by atoms with E-state index in [9.17, 15) is 0 Å². The van der Waals surface area contributed by atoms with E-state index >= 15 is 0 Å². The van der Waals surface area contributed by atoms with Gasteiger partial charge >= 0.3 is 0 Å². The lowest BCUT2D eigenvalue weighted by atomic mass is 10.2. The van der Waals surface area contributed by atoms with Crippen molar-refractivity contribution in [2.45, 2.75) is 57.4 Å². The van der Waals surface area contributed by atoms with Gasteiger partial charge in [-0.25, -0.2) is 0 Å². The lowest BCUT2D eigenvalue weighted by Gasteiger charge is -2.12. The fourth-order valence-electron chi connectivity index (χ4n) is 2.61. The van der Waals surface area contributed by atoms with Crippen molar-refractivity contribution in [3.05, 3.63) is 11.6 Å². The largest absolute Gasteiger partial charge is 0.370 e. The third-order valence-corrected chi connectivity index (χ3v) is 3.56. The molecular weight excluding hydrogens is 198 g/mol. The summed E-state index contributed by atoms with van der Waals surface area (Å²) in [4.78, 5) is 4.39. The molecule has 2 aliphatic rings. The zero-order chi connectivity index (χ0) is 11.2. The Labute approximate surface area is 98.2 Å². The molecule has 0 bridgehead atoms. The molecule has 0 unspecified atom stereocenters. The van der Waals surface area contributed by atoms with Crippen molar-refractivity contribution in [1.29, 1.82) is 0 Å². The Kier molecular flexibility index (Phi) is 4.25. The summed E-state index contributed by atoms with van der Waals surface area (Å²) in [5.74, 6) is 0.644. The fraction of sp³-hybridized carbons (Fsp3) is 0.769. The van der Waals surface area contributed by atoms with Crippen molar-refractivity contribution < 1.29 is 0 Å². The van der Waals surface area contributed by atoms with E-state index in [1.165, 1.54) is 44.9 Å². The quantitative estimate of drug-likeness (QED) is 0.435. The highest BCUT2D eigenvalue weighted by molar-refractivity contribution is 5.78. The summed E-state index contributed by atoms with van der Waals surface area (Å²) in [7, 11) is 0. The summed E-state index contributed by atoms with van der Waals surface area (Å²) < 4.78 is 0. The molecule has 2 rings (SSSR count). The number of nitrogens with one attached hydrogen (secondary N) is 1. The Bertz CT molecular complexity index is 275. The van der Waals surface area contributed by atoms with E-state index in [0.29, 0.717) is 12.0 Å². The minimum atomic E-state index is 0.578. The molecule has 3 nitrogen and oxygen atoms in total. The van der Waals surface area contributed by atoms with E-state index in [4.69, 9.17) is 5.73 Å². The molecule has 0 heterocycles. The van der Waals surface area contributed by atoms with Gasteiger partial charge in [-0.05, 0) is 38.5 Å². The van der Waals surface area contributed by atoms with Crippen LogP contribution in [0.25, 0.3) is 0 Å². The molecule has 0 saturated heterocycles. The van der Waals surface area contributed by atoms with Crippen LogP contribution >= 0.6 is 0 Å². The molecule has 0 aliphatic heterocycles. The number of aliphatic imine (C=N–C) groups is 1. The van der Waals surface area contributed by atoms with Crippen molar-refractivity contribution >= 4 is 5.96 Å². The molecule has 1 saturated carbocycles. The van der Waals surface area contributed by atoms with Crippen molar-refractivity contribution in [3.8, 4) is 0 Å². The third kappa shape index (κ3) is 3.54. The van der Waals surface area contributed by atoms with Gasteiger partial charge in [0.15, 0.2) is 5.96 Å². The van der Waals surface area contributed by atoms with E-state index in [1.807, 2.05) is 0 Å². The van der Waals surface area contributed by atoms with Crippen molar-refractivity contribution in [2.24, 2.45) is 10.7 Å². The Balaban J connectivity index is 1.65. The second-order valence-corrected chi connectivity index (χ2v) is 4.90. The van der Waals surface area contributed by atoms with Gasteiger partial charge in [-0.1, -0.05) is 24.5 Å². The molecule has 0 amide bonds. The third-order valence-electron chi connectivity index (χ3n) is 3.56. The normalized spacial score (nSPS) is 22.5. The molecule has 0 atom stereocenters. The highest BCUT2D eigenvalue weighted by Crippen LogP contribution is 2.20. The SMILES string of the molecule is NC(=NCCC1=CCCC1)NC1CCCC1. The number of nitrogens with zero attached hydrogens (tertiary/aromatic N) is 1. The first kappa shape index (κ1) is 11.5. The second-order valence-electron chi connectivity index (χ2n) is 4.90. The lowest BCUT2D eigenvalue weighted by Crippen LogP contribution is -2.38. The molecule has 0 spiro atoms. The summed E-state index contributed by atoms with van der Waals surface area (Å²) in [6.07, 6.45) is 12.5. The first-order valence-corrected chi connectivity index (χ1v) is 6.59. The molecule has 1 fully saturated rings. The van der Waals surface area contributed by atoms with Crippen LogP contribution < -0.4 is 11.1 Å². The first-order valence-electron chi connectivity index (χ1n) is 6.59. The van der Waals surface area contributed by atoms with Gasteiger partial charge in [-0.2, -0.15) is 0 Å². The van der Waals surface area contributed by atoms with E-state index in [0.717, 1.165) is 13.0 Å². The van der Waals surface area contributed by atoms with E-state index < -0.39 is 0 Å². The highest BCUT2D eigenvalue weighted by atomic mass is 15.1. The minimum Gasteiger partial charge on any atom is -0.370 e. The van der Waals surface area contributed by atoms with E-state index in [2.05, 4.69) is 16.4 Å². The summed E-state index contributed by atoms with van der Waals surface area (Å²) in [6.45, 7) is 0.845. The van der Waals surface area contributed by atoms with Crippen LogP contribution in [0.3, 0.4) is 0 Å². The van der Waals surface area contributed by atoms with Crippen LogP contribution in [0.4, 0.5) is 0 Å². The molecule has 90 valence electrons. The predicted octanol–water partition coefficient (Wildman–Crippen LogP) is 2.33. The van der Waals surface area contributed by atoms with E-state index in [-0.39, 0.29) is 0 Å². The summed E-state index contributed by atoms with van der Waals surface area (Å²) in [6, 6.07) is 0.578. The van der Waals surface area contributed by atoms with Gasteiger partial charge in [0.05, 0.1) is 0 Å². The van der Waals surface area contributed by atoms with Gasteiger partial charge in [0, 0.05) is 12.6 Å². The van der Waals surface area contributed by atoms with Gasteiger partial charge in [0.1, 0.15) is 0 Å². The fourth-order valence-corrected chi connectivity index (χ4v) is 2.61. The maximum Gasteiger partial charge on any atom is 0.188 e. The molecule has 0 aromatic rings. The Morgan fingerprint density at radius 2 is 2.19 bits per heavy atom. The van der Waals surface area contributed by atoms with Gasteiger partial charge in [-0.15, -0.1) is 0 Å². The topological polar surface area (TPSA) is 50.4 Å². The first-order chi connectivity index (χ1) is 7.84. The standard InChI is InChI=1S/C13H23N3/c14-13(16-12-7-3-4-8-12)15-10-9-11-5-1-2-6-11/h5,12H,1-4,6-10H2,(H3,14,15,16). The lowest BCUT2D eigenvalue weighted by molar-refractivity contribution is 0.625. The predicted molar refractivity (Wildman–Crippen MR) is 68.4 cm³/mol. The minimum absolute atomic E-state index is 0.578. The van der Waals surface area contributed by atoms with Crippen LogP contribution in [0, 0.1) is 0 Å². The summed E-state index contributed by atoms with van der Waals surface area (Å²) in [5.41, 5.74) is 7.42. The molecule has 0 aromatic carbocycles. The van der Waals surface area contributed by atoms with Crippen molar-refractivity contribution in [3.63, 3.8) is 0 Å². The Morgan fingerprint density at radius 3 is 2.88 bits per heavy atom. The zero-order valence-electron chi connectivity index (χ0n) is 10.0. The maximum absolute atomic E-state index is 5.86. The van der Waals surface area contributed by atoms with Crippen molar-refractivity contribution in [2.75, 3.05) is 6.54 Å². The number of allylic oxidation sites excluding steroid dienone is 1. The zero-order valence-corrected chi connectivity index (χ0v) is 10.0. The molecule has 0 radical (unpaired) electrons. The van der Waals surface area contributed by atoms with E-state index in [1.54, 1.807) is 5.57 Å². The average Bonchev–Trinajstić information content (AvgIpc) is 2.90. The Morgan fingerprint density at radius 1 is 1.38 bits per heavy atom. The molecule has 0 aromatic heterocycles. The smallest absolute Gasteiger partial charge is 0.188 e. The van der Waals surface area contributed by atoms with Crippen LogP contribution in [-0.4, -0.2) is 18.5 Å². The molecule has 16 heavy (non-hydrogen) atoms. The average molecular weight is 221 g/mol. The molecule has 2 aliphatic carbocycles.